The van der Waals surface area contributed by atoms with Gasteiger partial charge in [0, 0.05) is 23.3 Å². The van der Waals surface area contributed by atoms with Crippen molar-refractivity contribution in [3.8, 4) is 0 Å². The van der Waals surface area contributed by atoms with E-state index in [4.69, 9.17) is 16.3 Å². The Labute approximate surface area is 148 Å². The third kappa shape index (κ3) is 5.71. The fourth-order valence-corrected chi connectivity index (χ4v) is 3.14. The highest BCUT2D eigenvalue weighted by molar-refractivity contribution is 6.30. The molecular formula is C18H25ClN2O3. The lowest BCUT2D eigenvalue weighted by atomic mass is 9.94. The van der Waals surface area contributed by atoms with Gasteiger partial charge in [-0.1, -0.05) is 30.9 Å². The maximum absolute atomic E-state index is 12.7. The number of hydrogen-bond acceptors (Lipinski definition) is 3. The first-order chi connectivity index (χ1) is 11.6. The molecule has 2 amide bonds. The first-order valence-electron chi connectivity index (χ1n) is 8.59. The van der Waals surface area contributed by atoms with Gasteiger partial charge in [0.25, 0.3) is 0 Å². The molecule has 0 unspecified atom stereocenters. The molecule has 0 aromatic heterocycles. The minimum absolute atomic E-state index is 0.173. The van der Waals surface area contributed by atoms with Crippen molar-refractivity contribution in [2.75, 3.05) is 18.5 Å². The summed E-state index contributed by atoms with van der Waals surface area (Å²) in [5, 5.41) is 3.52. The van der Waals surface area contributed by atoms with E-state index in [9.17, 15) is 9.59 Å². The number of ether oxygens (including phenoxy) is 1. The van der Waals surface area contributed by atoms with E-state index in [1.54, 1.807) is 36.1 Å². The number of urea groups is 1. The van der Waals surface area contributed by atoms with Crippen LogP contribution in [0.5, 0.6) is 0 Å². The Bertz CT molecular complexity index is 542. The van der Waals surface area contributed by atoms with Crippen molar-refractivity contribution in [1.82, 2.24) is 4.90 Å². The Balaban J connectivity index is 2.00. The molecular weight excluding hydrogens is 328 g/mol. The summed E-state index contributed by atoms with van der Waals surface area (Å²) < 4.78 is 4.98. The Morgan fingerprint density at radius 3 is 2.50 bits per heavy atom. The largest absolute Gasteiger partial charge is 0.466 e. The van der Waals surface area contributed by atoms with Crippen molar-refractivity contribution < 1.29 is 14.3 Å². The zero-order valence-electron chi connectivity index (χ0n) is 14.1. The van der Waals surface area contributed by atoms with Gasteiger partial charge in [0.2, 0.25) is 0 Å². The first kappa shape index (κ1) is 18.6. The molecule has 1 saturated carbocycles. The molecule has 132 valence electrons. The molecule has 6 heteroatoms. The van der Waals surface area contributed by atoms with Crippen LogP contribution in [0.3, 0.4) is 0 Å². The van der Waals surface area contributed by atoms with Crippen LogP contribution in [0.2, 0.25) is 5.02 Å². The second-order valence-electron chi connectivity index (χ2n) is 5.98. The van der Waals surface area contributed by atoms with E-state index in [1.165, 1.54) is 6.42 Å². The molecule has 0 atom stereocenters. The van der Waals surface area contributed by atoms with E-state index in [-0.39, 0.29) is 24.5 Å². The van der Waals surface area contributed by atoms with E-state index in [2.05, 4.69) is 5.32 Å². The zero-order valence-corrected chi connectivity index (χ0v) is 14.8. The van der Waals surface area contributed by atoms with Crippen molar-refractivity contribution in [3.05, 3.63) is 29.3 Å². The van der Waals surface area contributed by atoms with Crippen LogP contribution in [0.25, 0.3) is 0 Å². The SMILES string of the molecule is CCOC(=O)CCN(C(=O)Nc1ccc(Cl)cc1)C1CCCCC1. The Morgan fingerprint density at radius 1 is 1.21 bits per heavy atom. The van der Waals surface area contributed by atoms with Gasteiger partial charge in [-0.05, 0) is 44.0 Å². The summed E-state index contributed by atoms with van der Waals surface area (Å²) in [7, 11) is 0. The van der Waals surface area contributed by atoms with Crippen molar-refractivity contribution in [2.45, 2.75) is 51.5 Å². The predicted molar refractivity (Wildman–Crippen MR) is 95.3 cm³/mol. The smallest absolute Gasteiger partial charge is 0.322 e. The van der Waals surface area contributed by atoms with Gasteiger partial charge in [-0.2, -0.15) is 0 Å². The predicted octanol–water partition coefficient (Wildman–Crippen LogP) is 4.46. The van der Waals surface area contributed by atoms with E-state index in [1.807, 2.05) is 0 Å². The zero-order chi connectivity index (χ0) is 17.4. The fraction of sp³-hybridized carbons (Fsp3) is 0.556. The molecule has 1 aromatic carbocycles. The molecule has 0 heterocycles. The monoisotopic (exact) mass is 352 g/mol. The van der Waals surface area contributed by atoms with E-state index >= 15 is 0 Å². The molecule has 1 aromatic rings. The lowest BCUT2D eigenvalue weighted by molar-refractivity contribution is -0.143. The van der Waals surface area contributed by atoms with Crippen LogP contribution in [0, 0.1) is 0 Å². The molecule has 0 bridgehead atoms. The molecule has 0 saturated heterocycles. The van der Waals surface area contributed by atoms with Gasteiger partial charge in [0.1, 0.15) is 0 Å². The van der Waals surface area contributed by atoms with E-state index < -0.39 is 0 Å². The standard InChI is InChI=1S/C18H25ClN2O3/c1-2-24-17(22)12-13-21(16-6-4-3-5-7-16)18(23)20-15-10-8-14(19)9-11-15/h8-11,16H,2-7,12-13H2,1H3,(H,20,23). The van der Waals surface area contributed by atoms with Crippen molar-refractivity contribution in [2.24, 2.45) is 0 Å². The number of carbonyl (C=O) groups is 2. The second-order valence-corrected chi connectivity index (χ2v) is 6.41. The van der Waals surface area contributed by atoms with Crippen LogP contribution in [-0.4, -0.2) is 36.1 Å². The summed E-state index contributed by atoms with van der Waals surface area (Å²) in [4.78, 5) is 26.1. The normalized spacial score (nSPS) is 14.9. The van der Waals surface area contributed by atoms with Gasteiger partial charge in [0.05, 0.1) is 13.0 Å². The van der Waals surface area contributed by atoms with Gasteiger partial charge in [0.15, 0.2) is 0 Å². The number of benzene rings is 1. The molecule has 1 fully saturated rings. The van der Waals surface area contributed by atoms with Crippen molar-refractivity contribution in [3.63, 3.8) is 0 Å². The van der Waals surface area contributed by atoms with Crippen molar-refractivity contribution in [1.29, 1.82) is 0 Å². The molecule has 0 radical (unpaired) electrons. The number of rotatable bonds is 6. The highest BCUT2D eigenvalue weighted by atomic mass is 35.5. The first-order valence-corrected chi connectivity index (χ1v) is 8.96. The van der Waals surface area contributed by atoms with E-state index in [0.29, 0.717) is 23.9 Å². The number of nitrogens with zero attached hydrogens (tertiary/aromatic N) is 1. The van der Waals surface area contributed by atoms with Gasteiger partial charge in [-0.3, -0.25) is 4.79 Å². The van der Waals surface area contributed by atoms with Crippen LogP contribution >= 0.6 is 11.6 Å². The van der Waals surface area contributed by atoms with Crippen LogP contribution < -0.4 is 5.32 Å². The third-order valence-corrected chi connectivity index (χ3v) is 4.49. The minimum atomic E-state index is -0.266. The van der Waals surface area contributed by atoms with Crippen LogP contribution in [0.15, 0.2) is 24.3 Å². The number of amides is 2. The summed E-state index contributed by atoms with van der Waals surface area (Å²) >= 11 is 5.87. The fourth-order valence-electron chi connectivity index (χ4n) is 3.02. The molecule has 1 aliphatic carbocycles. The maximum atomic E-state index is 12.7. The molecule has 0 aliphatic heterocycles. The molecule has 0 spiro atoms. The number of nitrogens with one attached hydrogen (secondary N) is 1. The molecule has 24 heavy (non-hydrogen) atoms. The summed E-state index contributed by atoms with van der Waals surface area (Å²) in [5.74, 6) is -0.266. The maximum Gasteiger partial charge on any atom is 0.322 e. The van der Waals surface area contributed by atoms with Gasteiger partial charge < -0.3 is 15.0 Å². The average Bonchev–Trinajstić information content (AvgIpc) is 2.58. The molecule has 5 nitrogen and oxygen atoms in total. The minimum Gasteiger partial charge on any atom is -0.466 e. The topological polar surface area (TPSA) is 58.6 Å². The summed E-state index contributed by atoms with van der Waals surface area (Å²) in [5.41, 5.74) is 0.696. The highest BCUT2D eigenvalue weighted by Gasteiger charge is 2.26. The quantitative estimate of drug-likeness (QED) is 0.769. The van der Waals surface area contributed by atoms with Gasteiger partial charge in [-0.25, -0.2) is 4.79 Å². The highest BCUT2D eigenvalue weighted by Crippen LogP contribution is 2.24. The lowest BCUT2D eigenvalue weighted by Crippen LogP contribution is -2.45. The van der Waals surface area contributed by atoms with Crippen molar-refractivity contribution >= 4 is 29.3 Å². The van der Waals surface area contributed by atoms with Crippen LogP contribution in [-0.2, 0) is 9.53 Å². The van der Waals surface area contributed by atoms with E-state index in [0.717, 1.165) is 25.7 Å². The van der Waals surface area contributed by atoms with Crippen LogP contribution in [0.4, 0.5) is 10.5 Å². The summed E-state index contributed by atoms with van der Waals surface area (Å²) in [6, 6.07) is 7.02. The second kappa shape index (κ2) is 9.52. The number of halogens is 1. The van der Waals surface area contributed by atoms with Gasteiger partial charge in [-0.15, -0.1) is 0 Å². The number of hydrogen-bond donors (Lipinski definition) is 1. The molecule has 2 rings (SSSR count). The molecule has 1 N–H and O–H groups in total. The number of esters is 1. The average molecular weight is 353 g/mol. The number of anilines is 1. The Hall–Kier alpha value is -1.75. The molecule has 1 aliphatic rings. The Morgan fingerprint density at radius 2 is 1.88 bits per heavy atom. The lowest BCUT2D eigenvalue weighted by Gasteiger charge is -2.34. The van der Waals surface area contributed by atoms with Gasteiger partial charge >= 0.3 is 12.0 Å². The summed E-state index contributed by atoms with van der Waals surface area (Å²) in [6.45, 7) is 2.52. The number of carbonyl (C=O) groups excluding carboxylic acids is 2. The Kier molecular flexibility index (Phi) is 7.37. The van der Waals surface area contributed by atoms with Crippen LogP contribution in [0.1, 0.15) is 45.4 Å². The summed E-state index contributed by atoms with van der Waals surface area (Å²) in [6.07, 6.45) is 5.64. The third-order valence-electron chi connectivity index (χ3n) is 4.23.